The number of carbonyl (C=O) groups is 2. The molecule has 0 heterocycles. The monoisotopic (exact) mass is 280 g/mol. The molecule has 0 saturated carbocycles. The van der Waals surface area contributed by atoms with E-state index < -0.39 is 17.5 Å². The van der Waals surface area contributed by atoms with Gasteiger partial charge in [-0.25, -0.2) is 9.59 Å². The minimum Gasteiger partial charge on any atom is -0.461 e. The Balaban J connectivity index is 2.88. The Morgan fingerprint density at radius 2 is 1.85 bits per heavy atom. The van der Waals surface area contributed by atoms with Crippen LogP contribution >= 0.6 is 0 Å². The van der Waals surface area contributed by atoms with E-state index >= 15 is 0 Å². The van der Waals surface area contributed by atoms with Crippen molar-refractivity contribution in [3.63, 3.8) is 0 Å². The summed E-state index contributed by atoms with van der Waals surface area (Å²) in [6, 6.07) is 4.30. The van der Waals surface area contributed by atoms with Crippen LogP contribution < -0.4 is 11.5 Å². The fourth-order valence-electron chi connectivity index (χ4n) is 1.44. The standard InChI is InChI=1S/C14H20N2O4/c1-14(2,3)20-13(18)10-5-4-9(8-11(10)16)12(17)19-7-6-15/h4-5,8H,6-7,15-16H2,1-3H3. The Hall–Kier alpha value is -2.08. The highest BCUT2D eigenvalue weighted by atomic mass is 16.6. The van der Waals surface area contributed by atoms with Crippen molar-refractivity contribution in [1.82, 2.24) is 0 Å². The number of anilines is 1. The van der Waals surface area contributed by atoms with E-state index in [4.69, 9.17) is 20.9 Å². The molecular formula is C14H20N2O4. The largest absolute Gasteiger partial charge is 0.461 e. The van der Waals surface area contributed by atoms with E-state index in [0.29, 0.717) is 0 Å². The predicted molar refractivity (Wildman–Crippen MR) is 75.4 cm³/mol. The first-order valence-corrected chi connectivity index (χ1v) is 6.24. The van der Waals surface area contributed by atoms with Gasteiger partial charge >= 0.3 is 11.9 Å². The number of carbonyl (C=O) groups excluding carboxylic acids is 2. The third kappa shape index (κ3) is 4.55. The number of hydrogen-bond donors (Lipinski definition) is 2. The van der Waals surface area contributed by atoms with E-state index in [-0.39, 0.29) is 30.0 Å². The van der Waals surface area contributed by atoms with Gasteiger partial charge in [0.05, 0.1) is 11.1 Å². The summed E-state index contributed by atoms with van der Waals surface area (Å²) < 4.78 is 10.1. The lowest BCUT2D eigenvalue weighted by molar-refractivity contribution is 0.00703. The average Bonchev–Trinajstić information content (AvgIpc) is 2.33. The first-order chi connectivity index (χ1) is 9.24. The first kappa shape index (κ1) is 16.0. The highest BCUT2D eigenvalue weighted by Crippen LogP contribution is 2.19. The number of benzene rings is 1. The number of rotatable bonds is 4. The van der Waals surface area contributed by atoms with Crippen molar-refractivity contribution in [3.8, 4) is 0 Å². The van der Waals surface area contributed by atoms with E-state index in [2.05, 4.69) is 0 Å². The third-order valence-electron chi connectivity index (χ3n) is 2.26. The van der Waals surface area contributed by atoms with Crippen LogP contribution in [0.5, 0.6) is 0 Å². The predicted octanol–water partition coefficient (Wildman–Crippen LogP) is 1.34. The van der Waals surface area contributed by atoms with Crippen molar-refractivity contribution in [2.24, 2.45) is 5.73 Å². The number of ether oxygens (including phenoxy) is 2. The Morgan fingerprint density at radius 1 is 1.20 bits per heavy atom. The van der Waals surface area contributed by atoms with Crippen molar-refractivity contribution < 1.29 is 19.1 Å². The summed E-state index contributed by atoms with van der Waals surface area (Å²) in [5, 5.41) is 0. The highest BCUT2D eigenvalue weighted by molar-refractivity contribution is 5.98. The molecule has 0 unspecified atom stereocenters. The maximum Gasteiger partial charge on any atom is 0.340 e. The lowest BCUT2D eigenvalue weighted by atomic mass is 10.1. The van der Waals surface area contributed by atoms with Crippen LogP contribution in [0, 0.1) is 0 Å². The van der Waals surface area contributed by atoms with Crippen LogP contribution in [0.4, 0.5) is 5.69 Å². The fourth-order valence-corrected chi connectivity index (χ4v) is 1.44. The van der Waals surface area contributed by atoms with Gasteiger partial charge in [0.2, 0.25) is 0 Å². The molecular weight excluding hydrogens is 260 g/mol. The molecule has 0 bridgehead atoms. The molecule has 0 radical (unpaired) electrons. The van der Waals surface area contributed by atoms with Crippen LogP contribution in [-0.2, 0) is 9.47 Å². The van der Waals surface area contributed by atoms with E-state index in [1.54, 1.807) is 20.8 Å². The molecule has 110 valence electrons. The van der Waals surface area contributed by atoms with Crippen LogP contribution in [0.15, 0.2) is 18.2 Å². The van der Waals surface area contributed by atoms with Gasteiger partial charge in [-0.3, -0.25) is 0 Å². The number of nitrogens with two attached hydrogens (primary N) is 2. The van der Waals surface area contributed by atoms with Crippen molar-refractivity contribution >= 4 is 17.6 Å². The molecule has 20 heavy (non-hydrogen) atoms. The number of esters is 2. The molecule has 1 aromatic carbocycles. The van der Waals surface area contributed by atoms with Gasteiger partial charge in [0.15, 0.2) is 0 Å². The summed E-state index contributed by atoms with van der Waals surface area (Å²) >= 11 is 0. The zero-order chi connectivity index (χ0) is 15.3. The van der Waals surface area contributed by atoms with Crippen LogP contribution in [0.3, 0.4) is 0 Å². The van der Waals surface area contributed by atoms with Gasteiger partial charge in [0, 0.05) is 12.2 Å². The molecule has 0 amide bonds. The molecule has 6 heteroatoms. The molecule has 0 fully saturated rings. The second kappa shape index (κ2) is 6.38. The SMILES string of the molecule is CC(C)(C)OC(=O)c1ccc(C(=O)OCCN)cc1N. The van der Waals surface area contributed by atoms with Gasteiger partial charge in [-0.05, 0) is 39.0 Å². The molecule has 4 N–H and O–H groups in total. The van der Waals surface area contributed by atoms with E-state index in [9.17, 15) is 9.59 Å². The van der Waals surface area contributed by atoms with Crippen molar-refractivity contribution in [2.45, 2.75) is 26.4 Å². The molecule has 0 aliphatic carbocycles. The second-order valence-corrected chi connectivity index (χ2v) is 5.23. The summed E-state index contributed by atoms with van der Waals surface area (Å²) in [5.74, 6) is -1.06. The number of nitrogen functional groups attached to an aromatic ring is 1. The molecule has 6 nitrogen and oxygen atoms in total. The normalized spacial score (nSPS) is 11.0. The van der Waals surface area contributed by atoms with Gasteiger partial charge in [-0.1, -0.05) is 0 Å². The van der Waals surface area contributed by atoms with Gasteiger partial charge in [-0.15, -0.1) is 0 Å². The quantitative estimate of drug-likeness (QED) is 0.637. The van der Waals surface area contributed by atoms with E-state index in [1.807, 2.05) is 0 Å². The Kier molecular flexibility index (Phi) is 5.10. The molecule has 0 aliphatic heterocycles. The summed E-state index contributed by atoms with van der Waals surface area (Å²) in [4.78, 5) is 23.5. The van der Waals surface area contributed by atoms with Gasteiger partial charge < -0.3 is 20.9 Å². The Labute approximate surface area is 118 Å². The Bertz CT molecular complexity index is 506. The lowest BCUT2D eigenvalue weighted by Crippen LogP contribution is -2.24. The molecule has 0 spiro atoms. The van der Waals surface area contributed by atoms with Gasteiger partial charge in [0.1, 0.15) is 12.2 Å². The second-order valence-electron chi connectivity index (χ2n) is 5.23. The average molecular weight is 280 g/mol. The highest BCUT2D eigenvalue weighted by Gasteiger charge is 2.20. The zero-order valence-corrected chi connectivity index (χ0v) is 11.9. The smallest absolute Gasteiger partial charge is 0.340 e. The summed E-state index contributed by atoms with van der Waals surface area (Å²) in [7, 11) is 0. The van der Waals surface area contributed by atoms with Gasteiger partial charge in [-0.2, -0.15) is 0 Å². The molecule has 0 aromatic heterocycles. The maximum atomic E-state index is 11.9. The summed E-state index contributed by atoms with van der Waals surface area (Å²) in [6.45, 7) is 5.67. The third-order valence-corrected chi connectivity index (χ3v) is 2.26. The lowest BCUT2D eigenvalue weighted by Gasteiger charge is -2.20. The van der Waals surface area contributed by atoms with Crippen molar-refractivity contribution in [3.05, 3.63) is 29.3 Å². The molecule has 0 atom stereocenters. The minimum atomic E-state index is -0.609. The summed E-state index contributed by atoms with van der Waals surface area (Å²) in [6.07, 6.45) is 0. The minimum absolute atomic E-state index is 0.132. The van der Waals surface area contributed by atoms with E-state index in [0.717, 1.165) is 0 Å². The maximum absolute atomic E-state index is 11.9. The van der Waals surface area contributed by atoms with Crippen LogP contribution in [0.2, 0.25) is 0 Å². The van der Waals surface area contributed by atoms with Crippen LogP contribution in [0.25, 0.3) is 0 Å². The zero-order valence-electron chi connectivity index (χ0n) is 11.9. The topological polar surface area (TPSA) is 105 Å². The molecule has 0 saturated heterocycles. The van der Waals surface area contributed by atoms with Crippen molar-refractivity contribution in [1.29, 1.82) is 0 Å². The molecule has 0 aliphatic rings. The Morgan fingerprint density at radius 3 is 2.35 bits per heavy atom. The van der Waals surface area contributed by atoms with Crippen molar-refractivity contribution in [2.75, 3.05) is 18.9 Å². The van der Waals surface area contributed by atoms with Crippen LogP contribution in [-0.4, -0.2) is 30.7 Å². The molecule has 1 aromatic rings. The first-order valence-electron chi connectivity index (χ1n) is 6.24. The van der Waals surface area contributed by atoms with Crippen LogP contribution in [0.1, 0.15) is 41.5 Å². The number of hydrogen-bond acceptors (Lipinski definition) is 6. The molecule has 1 rings (SSSR count). The fraction of sp³-hybridized carbons (Fsp3) is 0.429. The van der Waals surface area contributed by atoms with E-state index in [1.165, 1.54) is 18.2 Å². The van der Waals surface area contributed by atoms with Gasteiger partial charge in [0.25, 0.3) is 0 Å². The summed E-state index contributed by atoms with van der Waals surface area (Å²) in [5.41, 5.74) is 11.1.